The first-order valence-corrected chi connectivity index (χ1v) is 44.6. The molecule has 5 atom stereocenters. The van der Waals surface area contributed by atoms with Crippen LogP contribution < -0.4 is 0 Å². The predicted octanol–water partition coefficient (Wildman–Crippen LogP) is 24.0. The Bertz CT molecular complexity index is 1890. The van der Waals surface area contributed by atoms with Crippen LogP contribution in [-0.4, -0.2) is 96.7 Å². The molecule has 0 aromatic heterocycles. The summed E-state index contributed by atoms with van der Waals surface area (Å²) in [7, 11) is -9.91. The fourth-order valence-corrected chi connectivity index (χ4v) is 14.0. The van der Waals surface area contributed by atoms with Gasteiger partial charge in [-0.2, -0.15) is 0 Å². The molecule has 2 unspecified atom stereocenters. The molecule has 3 N–H and O–H groups in total. The smallest absolute Gasteiger partial charge is 0.462 e. The number of hydrogen-bond donors (Lipinski definition) is 3. The number of ether oxygens (including phenoxy) is 4. The highest BCUT2D eigenvalue weighted by Crippen LogP contribution is 2.45. The molecule has 0 aromatic rings. The molecule has 0 aliphatic rings. The third-order valence-electron chi connectivity index (χ3n) is 18.8. The van der Waals surface area contributed by atoms with Gasteiger partial charge in [0.05, 0.1) is 26.4 Å². The minimum atomic E-state index is -4.96. The molecule has 19 heteroatoms. The molecule has 0 rings (SSSR count). The van der Waals surface area contributed by atoms with Crippen LogP contribution in [0.15, 0.2) is 0 Å². The predicted molar refractivity (Wildman–Crippen MR) is 405 cm³/mol. The summed E-state index contributed by atoms with van der Waals surface area (Å²) in [6.45, 7) is 7.27. The SMILES string of the molecule is CCCCCCCCCCCCCCCCCCCCCC(=O)O[C@H](COC(=O)CCCCCCCCCCCCCCCCCC(C)C)COP(=O)(O)OC[C@@H](O)COP(=O)(O)OC[C@@H](COC(=O)CCCCCCC)OC(=O)CCCCCCCCCCCCCCCCCCC. The lowest BCUT2D eigenvalue weighted by atomic mass is 10.0. The lowest BCUT2D eigenvalue weighted by molar-refractivity contribution is -0.161. The number of rotatable bonds is 80. The molecule has 0 heterocycles. The average molecular weight is 1450 g/mol. The highest BCUT2D eigenvalue weighted by molar-refractivity contribution is 7.47. The van der Waals surface area contributed by atoms with Gasteiger partial charge in [-0.05, 0) is 31.6 Å². The summed E-state index contributed by atoms with van der Waals surface area (Å²) in [6, 6.07) is 0. The van der Waals surface area contributed by atoms with Gasteiger partial charge in [-0.15, -0.1) is 0 Å². The van der Waals surface area contributed by atoms with Crippen molar-refractivity contribution in [2.45, 2.75) is 445 Å². The first-order chi connectivity index (χ1) is 48.0. The zero-order valence-corrected chi connectivity index (χ0v) is 66.4. The van der Waals surface area contributed by atoms with Gasteiger partial charge in [0.2, 0.25) is 0 Å². The molecule has 0 aliphatic heterocycles. The van der Waals surface area contributed by atoms with Crippen molar-refractivity contribution in [3.05, 3.63) is 0 Å². The van der Waals surface area contributed by atoms with Gasteiger partial charge >= 0.3 is 39.5 Å². The number of esters is 4. The van der Waals surface area contributed by atoms with E-state index < -0.39 is 97.5 Å². The molecule has 0 radical (unpaired) electrons. The van der Waals surface area contributed by atoms with Crippen LogP contribution in [0.4, 0.5) is 0 Å². The van der Waals surface area contributed by atoms with Crippen LogP contribution in [0.5, 0.6) is 0 Å². The molecule has 0 saturated heterocycles. The maximum atomic E-state index is 13.1. The Hall–Kier alpha value is -1.94. The molecule has 588 valence electrons. The molecule has 0 bridgehead atoms. The Morgan fingerprint density at radius 1 is 0.273 bits per heavy atom. The van der Waals surface area contributed by atoms with E-state index in [0.29, 0.717) is 25.7 Å². The van der Waals surface area contributed by atoms with E-state index in [2.05, 4.69) is 34.6 Å². The summed E-state index contributed by atoms with van der Waals surface area (Å²) in [4.78, 5) is 72.7. The van der Waals surface area contributed by atoms with Gasteiger partial charge in [0.15, 0.2) is 12.2 Å². The number of unbranched alkanes of at least 4 members (excludes halogenated alkanes) is 52. The van der Waals surface area contributed by atoms with E-state index >= 15 is 0 Å². The molecule has 0 fully saturated rings. The van der Waals surface area contributed by atoms with E-state index in [9.17, 15) is 43.2 Å². The standard InChI is InChI=1S/C80H156O17P2/c1-6-9-12-15-17-19-21-23-25-27-28-30-34-39-43-47-51-56-61-66-80(85)97-76(70-91-78(83)64-59-54-49-45-41-37-35-31-32-36-40-44-48-53-57-62-73(4)5)72-95-99(88,89)93-68-74(81)67-92-98(86,87)94-71-75(69-90-77(82)63-58-52-14-11-8-3)96-79(84)65-60-55-50-46-42-38-33-29-26-24-22-20-18-16-13-10-7-2/h73-76,81H,6-72H2,1-5H3,(H,86,87)(H,88,89)/t74-,75+,76+/m0/s1. The second-order valence-electron chi connectivity index (χ2n) is 29.3. The number of phosphoric ester groups is 2. The second kappa shape index (κ2) is 73.0. The number of carbonyl (C=O) groups is 4. The fraction of sp³-hybridized carbons (Fsp3) is 0.950. The third kappa shape index (κ3) is 74.1. The molecular weight excluding hydrogens is 1290 g/mol. The van der Waals surface area contributed by atoms with E-state index in [0.717, 1.165) is 102 Å². The van der Waals surface area contributed by atoms with Gasteiger partial charge in [-0.1, -0.05) is 375 Å². The Labute approximate surface area is 607 Å². The number of hydrogen-bond acceptors (Lipinski definition) is 15. The van der Waals surface area contributed by atoms with Gasteiger partial charge in [-0.3, -0.25) is 37.3 Å². The van der Waals surface area contributed by atoms with Crippen molar-refractivity contribution in [2.75, 3.05) is 39.6 Å². The number of phosphoric acid groups is 2. The van der Waals surface area contributed by atoms with E-state index in [1.165, 1.54) is 244 Å². The van der Waals surface area contributed by atoms with Crippen LogP contribution in [0.3, 0.4) is 0 Å². The van der Waals surface area contributed by atoms with Gasteiger partial charge in [0.1, 0.15) is 19.3 Å². The van der Waals surface area contributed by atoms with E-state index in [1.54, 1.807) is 0 Å². The molecule has 0 saturated carbocycles. The van der Waals surface area contributed by atoms with Gasteiger partial charge in [0, 0.05) is 25.7 Å². The van der Waals surface area contributed by atoms with Crippen LogP contribution >= 0.6 is 15.6 Å². The largest absolute Gasteiger partial charge is 0.472 e. The zero-order valence-electron chi connectivity index (χ0n) is 64.6. The van der Waals surface area contributed by atoms with Crippen LogP contribution in [-0.2, 0) is 65.4 Å². The molecule has 0 amide bonds. The summed E-state index contributed by atoms with van der Waals surface area (Å²) in [6.07, 6.45) is 64.3. The quantitative estimate of drug-likeness (QED) is 0.0222. The molecule has 0 aliphatic carbocycles. The van der Waals surface area contributed by atoms with Crippen molar-refractivity contribution in [1.82, 2.24) is 0 Å². The van der Waals surface area contributed by atoms with E-state index in [-0.39, 0.29) is 25.7 Å². The average Bonchev–Trinajstić information content (AvgIpc) is 1.08. The summed E-state index contributed by atoms with van der Waals surface area (Å²) >= 11 is 0. The Kier molecular flexibility index (Phi) is 71.6. The van der Waals surface area contributed by atoms with Crippen molar-refractivity contribution in [1.29, 1.82) is 0 Å². The maximum Gasteiger partial charge on any atom is 0.472 e. The molecule has 99 heavy (non-hydrogen) atoms. The Balaban J connectivity index is 5.12. The van der Waals surface area contributed by atoms with Gasteiger partial charge in [0.25, 0.3) is 0 Å². The van der Waals surface area contributed by atoms with Crippen LogP contribution in [0, 0.1) is 5.92 Å². The summed E-state index contributed by atoms with van der Waals surface area (Å²) in [5.74, 6) is -1.31. The van der Waals surface area contributed by atoms with Crippen molar-refractivity contribution in [3.63, 3.8) is 0 Å². The van der Waals surface area contributed by atoms with Gasteiger partial charge < -0.3 is 33.8 Å². The summed E-state index contributed by atoms with van der Waals surface area (Å²) in [5, 5.41) is 10.6. The van der Waals surface area contributed by atoms with E-state index in [4.69, 9.17) is 37.0 Å². The lowest BCUT2D eigenvalue weighted by Crippen LogP contribution is -2.30. The minimum absolute atomic E-state index is 0.108. The topological polar surface area (TPSA) is 237 Å². The molecule has 17 nitrogen and oxygen atoms in total. The first kappa shape index (κ1) is 97.1. The third-order valence-corrected chi connectivity index (χ3v) is 20.7. The number of carbonyl (C=O) groups excluding carboxylic acids is 4. The van der Waals surface area contributed by atoms with E-state index in [1.807, 2.05) is 0 Å². The van der Waals surface area contributed by atoms with Crippen molar-refractivity contribution in [3.8, 4) is 0 Å². The number of aliphatic hydroxyl groups excluding tert-OH is 1. The maximum absolute atomic E-state index is 13.1. The van der Waals surface area contributed by atoms with Crippen molar-refractivity contribution >= 4 is 39.5 Å². The monoisotopic (exact) mass is 1450 g/mol. The Morgan fingerprint density at radius 3 is 0.687 bits per heavy atom. The highest BCUT2D eigenvalue weighted by Gasteiger charge is 2.30. The normalized spacial score (nSPS) is 13.9. The van der Waals surface area contributed by atoms with Crippen LogP contribution in [0.2, 0.25) is 0 Å². The zero-order chi connectivity index (χ0) is 72.7. The second-order valence-corrected chi connectivity index (χ2v) is 32.2. The molecular formula is C80H156O17P2. The number of aliphatic hydroxyl groups is 1. The lowest BCUT2D eigenvalue weighted by Gasteiger charge is -2.21. The highest BCUT2D eigenvalue weighted by atomic mass is 31.2. The molecule has 0 spiro atoms. The Morgan fingerprint density at radius 2 is 0.465 bits per heavy atom. The minimum Gasteiger partial charge on any atom is -0.462 e. The van der Waals surface area contributed by atoms with Gasteiger partial charge in [-0.25, -0.2) is 9.13 Å². The van der Waals surface area contributed by atoms with Crippen molar-refractivity contribution < 1.29 is 80.2 Å². The van der Waals surface area contributed by atoms with Crippen molar-refractivity contribution in [2.24, 2.45) is 5.92 Å². The summed E-state index contributed by atoms with van der Waals surface area (Å²) in [5.41, 5.74) is 0. The molecule has 0 aromatic carbocycles. The first-order valence-electron chi connectivity index (χ1n) is 41.6. The summed E-state index contributed by atoms with van der Waals surface area (Å²) < 4.78 is 68.5. The van der Waals surface area contributed by atoms with Crippen LogP contribution in [0.25, 0.3) is 0 Å². The van der Waals surface area contributed by atoms with Crippen LogP contribution in [0.1, 0.15) is 426 Å². The fourth-order valence-electron chi connectivity index (χ4n) is 12.4.